The number of aromatic amines is 1. The summed E-state index contributed by atoms with van der Waals surface area (Å²) in [6.45, 7) is 10.1. The monoisotopic (exact) mass is 435 g/mol. The fraction of sp³-hybridized carbons (Fsp3) is 0.300. The summed E-state index contributed by atoms with van der Waals surface area (Å²) in [7, 11) is 0. The molecule has 2 heterocycles. The number of aromatic nitrogens is 3. The molecule has 168 valence electrons. The Morgan fingerprint density at radius 1 is 0.848 bits per heavy atom. The normalized spacial score (nSPS) is 13.7. The van der Waals surface area contributed by atoms with Gasteiger partial charge in [0.05, 0.1) is 6.33 Å². The second-order valence-electron chi connectivity index (χ2n) is 9.82. The van der Waals surface area contributed by atoms with Crippen molar-refractivity contribution in [3.63, 3.8) is 0 Å². The first kappa shape index (κ1) is 21.5. The van der Waals surface area contributed by atoms with Gasteiger partial charge in [0.1, 0.15) is 0 Å². The van der Waals surface area contributed by atoms with Crippen molar-refractivity contribution in [1.82, 2.24) is 14.5 Å². The Bertz CT molecular complexity index is 1380. The summed E-state index contributed by atoms with van der Waals surface area (Å²) < 4.78 is 2.35. The summed E-state index contributed by atoms with van der Waals surface area (Å²) in [6, 6.07) is 22.2. The molecule has 0 amide bonds. The van der Waals surface area contributed by atoms with Gasteiger partial charge < -0.3 is 9.55 Å². The molecule has 1 N–H and O–H groups in total. The summed E-state index contributed by atoms with van der Waals surface area (Å²) in [4.78, 5) is 7.99. The van der Waals surface area contributed by atoms with Crippen LogP contribution in [0.1, 0.15) is 67.8 Å². The number of hydrogen-bond acceptors (Lipinski definition) is 1. The van der Waals surface area contributed by atoms with Crippen LogP contribution in [0.15, 0.2) is 79.4 Å². The number of nitrogens with zero attached hydrogens (tertiary/aromatic N) is 2. The highest BCUT2D eigenvalue weighted by Gasteiger charge is 2.17. The lowest BCUT2D eigenvalue weighted by molar-refractivity contribution is 0.556. The molecule has 0 aliphatic rings. The molecular formula is C30H33N3. The minimum atomic E-state index is 0.393. The van der Waals surface area contributed by atoms with Crippen molar-refractivity contribution in [2.24, 2.45) is 0 Å². The minimum absolute atomic E-state index is 0.393. The molecule has 0 spiro atoms. The van der Waals surface area contributed by atoms with Crippen molar-refractivity contribution in [2.75, 3.05) is 0 Å². The zero-order chi connectivity index (χ0) is 22.9. The summed E-state index contributed by atoms with van der Waals surface area (Å²) in [5.74, 6) is 1.33. The van der Waals surface area contributed by atoms with Gasteiger partial charge in [0.2, 0.25) is 0 Å². The first-order valence-corrected chi connectivity index (χ1v) is 12.1. The van der Waals surface area contributed by atoms with Crippen LogP contribution in [-0.4, -0.2) is 14.5 Å². The quantitative estimate of drug-likeness (QED) is 0.278. The maximum atomic E-state index is 4.52. The SMILES string of the molecule is CC(C)c1c[nH]c2cc(CC(C)c3cncn3CC(C)c3cccc4ccccc34)ccc12. The number of H-pyrrole nitrogens is 1. The number of rotatable bonds is 7. The summed E-state index contributed by atoms with van der Waals surface area (Å²) in [6.07, 6.45) is 7.20. The molecule has 0 saturated heterocycles. The average molecular weight is 436 g/mol. The van der Waals surface area contributed by atoms with E-state index in [1.807, 2.05) is 12.5 Å². The Morgan fingerprint density at radius 2 is 1.67 bits per heavy atom. The highest BCUT2D eigenvalue weighted by atomic mass is 15.0. The Balaban J connectivity index is 1.35. The Kier molecular flexibility index (Phi) is 5.80. The van der Waals surface area contributed by atoms with Crippen molar-refractivity contribution >= 4 is 21.7 Å². The van der Waals surface area contributed by atoms with E-state index in [0.29, 0.717) is 17.8 Å². The molecule has 0 fully saturated rings. The van der Waals surface area contributed by atoms with Gasteiger partial charge in [-0.05, 0) is 51.8 Å². The van der Waals surface area contributed by atoms with E-state index in [1.165, 1.54) is 44.1 Å². The van der Waals surface area contributed by atoms with Crippen molar-refractivity contribution in [1.29, 1.82) is 0 Å². The van der Waals surface area contributed by atoms with Gasteiger partial charge in [-0.2, -0.15) is 0 Å². The molecule has 3 heteroatoms. The van der Waals surface area contributed by atoms with E-state index in [1.54, 1.807) is 0 Å². The zero-order valence-corrected chi connectivity index (χ0v) is 20.0. The minimum Gasteiger partial charge on any atom is -0.361 e. The lowest BCUT2D eigenvalue weighted by Crippen LogP contribution is -2.12. The molecule has 2 atom stereocenters. The summed E-state index contributed by atoms with van der Waals surface area (Å²) in [5.41, 5.74) is 6.70. The van der Waals surface area contributed by atoms with E-state index in [-0.39, 0.29) is 0 Å². The van der Waals surface area contributed by atoms with Gasteiger partial charge >= 0.3 is 0 Å². The molecular weight excluding hydrogens is 402 g/mol. The van der Waals surface area contributed by atoms with Crippen LogP contribution in [-0.2, 0) is 13.0 Å². The maximum absolute atomic E-state index is 4.52. The third-order valence-electron chi connectivity index (χ3n) is 7.02. The molecule has 2 unspecified atom stereocenters. The van der Waals surface area contributed by atoms with E-state index < -0.39 is 0 Å². The van der Waals surface area contributed by atoms with E-state index in [9.17, 15) is 0 Å². The van der Waals surface area contributed by atoms with Gasteiger partial charge in [-0.15, -0.1) is 0 Å². The second kappa shape index (κ2) is 8.90. The van der Waals surface area contributed by atoms with Crippen LogP contribution in [0.4, 0.5) is 0 Å². The first-order chi connectivity index (χ1) is 16.0. The zero-order valence-electron chi connectivity index (χ0n) is 20.0. The van der Waals surface area contributed by atoms with Crippen molar-refractivity contribution in [3.05, 3.63) is 102 Å². The Morgan fingerprint density at radius 3 is 2.52 bits per heavy atom. The Hall–Kier alpha value is -3.33. The van der Waals surface area contributed by atoms with Crippen LogP contribution in [0.3, 0.4) is 0 Å². The molecule has 5 aromatic rings. The smallest absolute Gasteiger partial charge is 0.0948 e. The maximum Gasteiger partial charge on any atom is 0.0948 e. The van der Waals surface area contributed by atoms with Gasteiger partial charge in [0.15, 0.2) is 0 Å². The topological polar surface area (TPSA) is 33.6 Å². The average Bonchev–Trinajstić information content (AvgIpc) is 3.45. The van der Waals surface area contributed by atoms with Gasteiger partial charge in [-0.25, -0.2) is 4.98 Å². The van der Waals surface area contributed by atoms with Crippen LogP contribution >= 0.6 is 0 Å². The third kappa shape index (κ3) is 4.20. The number of imidazole rings is 1. The molecule has 3 aromatic carbocycles. The van der Waals surface area contributed by atoms with Crippen molar-refractivity contribution in [2.45, 2.75) is 58.4 Å². The molecule has 0 radical (unpaired) electrons. The fourth-order valence-electron chi connectivity index (χ4n) is 5.23. The molecule has 0 bridgehead atoms. The molecule has 3 nitrogen and oxygen atoms in total. The second-order valence-corrected chi connectivity index (χ2v) is 9.82. The van der Waals surface area contributed by atoms with Gasteiger partial charge in [0.25, 0.3) is 0 Å². The molecule has 0 saturated carbocycles. The number of hydrogen-bond donors (Lipinski definition) is 1. The van der Waals surface area contributed by atoms with E-state index >= 15 is 0 Å². The van der Waals surface area contributed by atoms with Gasteiger partial charge in [0, 0.05) is 41.5 Å². The van der Waals surface area contributed by atoms with E-state index in [4.69, 9.17) is 0 Å². The van der Waals surface area contributed by atoms with Crippen LogP contribution in [0.2, 0.25) is 0 Å². The standard InChI is InChI=1S/C30H33N3/c1-20(2)28-16-32-29-15-23(12-13-27(28)29)14-21(3)30-17-31-19-33(30)18-22(4)25-11-7-9-24-8-5-6-10-26(24)25/h5-13,15-17,19-22,32H,14,18H2,1-4H3. The summed E-state index contributed by atoms with van der Waals surface area (Å²) in [5, 5.41) is 4.00. The lowest BCUT2D eigenvalue weighted by atomic mass is 9.93. The van der Waals surface area contributed by atoms with E-state index in [2.05, 4.69) is 109 Å². The van der Waals surface area contributed by atoms with Crippen molar-refractivity contribution in [3.8, 4) is 0 Å². The lowest BCUT2D eigenvalue weighted by Gasteiger charge is -2.20. The van der Waals surface area contributed by atoms with Crippen molar-refractivity contribution < 1.29 is 0 Å². The molecule has 0 aliphatic carbocycles. The molecule has 2 aromatic heterocycles. The molecule has 0 aliphatic heterocycles. The van der Waals surface area contributed by atoms with Crippen LogP contribution in [0, 0.1) is 0 Å². The third-order valence-corrected chi connectivity index (χ3v) is 7.02. The fourth-order valence-corrected chi connectivity index (χ4v) is 5.23. The molecule has 5 rings (SSSR count). The van der Waals surface area contributed by atoms with Gasteiger partial charge in [-0.3, -0.25) is 0 Å². The number of benzene rings is 3. The number of fused-ring (bicyclic) bond motifs is 2. The predicted octanol–water partition coefficient (Wildman–Crippen LogP) is 7.79. The van der Waals surface area contributed by atoms with Crippen LogP contribution in [0.25, 0.3) is 21.7 Å². The molecule has 33 heavy (non-hydrogen) atoms. The van der Waals surface area contributed by atoms with Crippen LogP contribution in [0.5, 0.6) is 0 Å². The highest BCUT2D eigenvalue weighted by molar-refractivity contribution is 5.86. The van der Waals surface area contributed by atoms with Gasteiger partial charge in [-0.1, -0.05) is 82.3 Å². The van der Waals surface area contributed by atoms with Crippen LogP contribution < -0.4 is 0 Å². The number of nitrogens with one attached hydrogen (secondary N) is 1. The Labute approximate surface area is 196 Å². The predicted molar refractivity (Wildman–Crippen MR) is 139 cm³/mol. The largest absolute Gasteiger partial charge is 0.361 e. The summed E-state index contributed by atoms with van der Waals surface area (Å²) >= 11 is 0. The highest BCUT2D eigenvalue weighted by Crippen LogP contribution is 2.30. The van der Waals surface area contributed by atoms with E-state index in [0.717, 1.165) is 13.0 Å². The first-order valence-electron chi connectivity index (χ1n) is 12.1.